The maximum atomic E-state index is 12.3. The van der Waals surface area contributed by atoms with E-state index in [1.54, 1.807) is 0 Å². The highest BCUT2D eigenvalue weighted by molar-refractivity contribution is 8.23. The van der Waals surface area contributed by atoms with Gasteiger partial charge < -0.3 is 15.0 Å². The lowest BCUT2D eigenvalue weighted by molar-refractivity contribution is -0.119. The molecule has 0 unspecified atom stereocenters. The van der Waals surface area contributed by atoms with Crippen molar-refractivity contribution in [1.82, 2.24) is 10.2 Å². The van der Waals surface area contributed by atoms with Gasteiger partial charge in [0.25, 0.3) is 0 Å². The molecule has 2 aliphatic heterocycles. The Balaban J connectivity index is 1.47. The summed E-state index contributed by atoms with van der Waals surface area (Å²) in [6.07, 6.45) is 3.18. The monoisotopic (exact) mass is 364 g/mol. The number of para-hydroxylation sites is 1. The maximum absolute atomic E-state index is 12.3. The van der Waals surface area contributed by atoms with E-state index in [9.17, 15) is 4.79 Å². The normalized spacial score (nSPS) is 20.9. The molecule has 4 nitrogen and oxygen atoms in total. The summed E-state index contributed by atoms with van der Waals surface area (Å²) in [6, 6.07) is 7.94. The van der Waals surface area contributed by atoms with Gasteiger partial charge in [0.05, 0.1) is 18.4 Å². The van der Waals surface area contributed by atoms with Crippen molar-refractivity contribution in [1.29, 1.82) is 0 Å². The largest absolute Gasteiger partial charge is 0.493 e. The zero-order chi connectivity index (χ0) is 16.9. The van der Waals surface area contributed by atoms with E-state index < -0.39 is 0 Å². The minimum atomic E-state index is 0.0347. The van der Waals surface area contributed by atoms with Gasteiger partial charge in [-0.25, -0.2) is 0 Å². The summed E-state index contributed by atoms with van der Waals surface area (Å²) in [6.45, 7) is 4.95. The number of amides is 1. The molecule has 1 fully saturated rings. The first-order valence-corrected chi connectivity index (χ1v) is 9.95. The maximum Gasteiger partial charge on any atom is 0.230 e. The number of rotatable bonds is 3. The molecule has 0 aliphatic carbocycles. The minimum Gasteiger partial charge on any atom is -0.493 e. The van der Waals surface area contributed by atoms with Crippen LogP contribution in [0.25, 0.3) is 0 Å². The van der Waals surface area contributed by atoms with Crippen molar-refractivity contribution in [2.24, 2.45) is 5.92 Å². The molecule has 2 aliphatic rings. The van der Waals surface area contributed by atoms with Gasteiger partial charge in [-0.1, -0.05) is 49.1 Å². The number of benzene rings is 1. The van der Waals surface area contributed by atoms with Crippen LogP contribution in [-0.2, 0) is 4.79 Å². The molecule has 0 bridgehead atoms. The Labute approximate surface area is 153 Å². The molecule has 130 valence electrons. The van der Waals surface area contributed by atoms with E-state index in [2.05, 4.69) is 17.1 Å². The molecule has 1 N–H and O–H groups in total. The second kappa shape index (κ2) is 8.21. The van der Waals surface area contributed by atoms with Crippen LogP contribution in [0.15, 0.2) is 24.3 Å². The Morgan fingerprint density at radius 3 is 2.88 bits per heavy atom. The average Bonchev–Trinajstić information content (AvgIpc) is 2.61. The fourth-order valence-electron chi connectivity index (χ4n) is 3.14. The van der Waals surface area contributed by atoms with Crippen LogP contribution in [0.1, 0.15) is 37.8 Å². The lowest BCUT2D eigenvalue weighted by Crippen LogP contribution is -2.37. The first kappa shape index (κ1) is 17.5. The van der Waals surface area contributed by atoms with Crippen LogP contribution < -0.4 is 10.1 Å². The number of thioether (sulfide) groups is 1. The van der Waals surface area contributed by atoms with Crippen LogP contribution in [0.4, 0.5) is 0 Å². The fraction of sp³-hybridized carbons (Fsp3) is 0.556. The van der Waals surface area contributed by atoms with Gasteiger partial charge in [0, 0.05) is 25.1 Å². The van der Waals surface area contributed by atoms with Gasteiger partial charge >= 0.3 is 0 Å². The van der Waals surface area contributed by atoms with Crippen molar-refractivity contribution >= 4 is 34.2 Å². The summed E-state index contributed by atoms with van der Waals surface area (Å²) in [5, 5.41) is 3.12. The van der Waals surface area contributed by atoms with E-state index >= 15 is 0 Å². The van der Waals surface area contributed by atoms with Crippen molar-refractivity contribution in [3.8, 4) is 5.75 Å². The lowest BCUT2D eigenvalue weighted by Gasteiger charge is -2.32. The summed E-state index contributed by atoms with van der Waals surface area (Å²) >= 11 is 6.96. The van der Waals surface area contributed by atoms with Crippen molar-refractivity contribution in [3.63, 3.8) is 0 Å². The van der Waals surface area contributed by atoms with Crippen molar-refractivity contribution in [2.75, 3.05) is 25.4 Å². The van der Waals surface area contributed by atoms with Crippen LogP contribution in [0, 0.1) is 5.92 Å². The predicted octanol–water partition coefficient (Wildman–Crippen LogP) is 3.38. The van der Waals surface area contributed by atoms with E-state index in [0.717, 1.165) is 41.1 Å². The number of piperidine rings is 1. The first-order valence-electron chi connectivity index (χ1n) is 8.56. The lowest BCUT2D eigenvalue weighted by atomic mass is 10.00. The zero-order valence-corrected chi connectivity index (χ0v) is 15.6. The van der Waals surface area contributed by atoms with Crippen LogP contribution in [0.2, 0.25) is 0 Å². The summed E-state index contributed by atoms with van der Waals surface area (Å²) in [4.78, 5) is 14.5. The number of nitrogens with one attached hydrogen (secondary N) is 1. The molecule has 1 amide bonds. The third kappa shape index (κ3) is 4.42. The zero-order valence-electron chi connectivity index (χ0n) is 14.0. The highest BCUT2D eigenvalue weighted by atomic mass is 32.2. The van der Waals surface area contributed by atoms with Gasteiger partial charge in [-0.3, -0.25) is 4.79 Å². The molecule has 0 spiro atoms. The smallest absolute Gasteiger partial charge is 0.230 e. The molecule has 3 rings (SSSR count). The molecular weight excluding hydrogens is 340 g/mol. The van der Waals surface area contributed by atoms with Gasteiger partial charge in [0.15, 0.2) is 0 Å². The van der Waals surface area contributed by atoms with Gasteiger partial charge in [-0.2, -0.15) is 0 Å². The number of carbonyl (C=O) groups is 1. The summed E-state index contributed by atoms with van der Waals surface area (Å²) < 4.78 is 6.49. The van der Waals surface area contributed by atoms with Crippen LogP contribution in [-0.4, -0.2) is 40.6 Å². The Kier molecular flexibility index (Phi) is 6.00. The van der Waals surface area contributed by atoms with E-state index in [1.165, 1.54) is 24.6 Å². The number of hydrogen-bond acceptors (Lipinski definition) is 4. The van der Waals surface area contributed by atoms with E-state index in [4.69, 9.17) is 17.0 Å². The van der Waals surface area contributed by atoms with Crippen molar-refractivity contribution in [3.05, 3.63) is 29.8 Å². The van der Waals surface area contributed by atoms with Crippen LogP contribution >= 0.6 is 24.0 Å². The Morgan fingerprint density at radius 1 is 1.33 bits per heavy atom. The molecule has 1 aromatic carbocycles. The highest BCUT2D eigenvalue weighted by Crippen LogP contribution is 2.31. The van der Waals surface area contributed by atoms with Gasteiger partial charge in [0.1, 0.15) is 10.1 Å². The van der Waals surface area contributed by atoms with E-state index in [1.807, 2.05) is 24.3 Å². The third-order valence-electron chi connectivity index (χ3n) is 4.66. The van der Waals surface area contributed by atoms with Gasteiger partial charge in [-0.15, -0.1) is 0 Å². The second-order valence-corrected chi connectivity index (χ2v) is 8.13. The Bertz CT molecular complexity index is 600. The topological polar surface area (TPSA) is 41.6 Å². The molecule has 24 heavy (non-hydrogen) atoms. The summed E-state index contributed by atoms with van der Waals surface area (Å²) in [5.74, 6) is 2.07. The van der Waals surface area contributed by atoms with Crippen molar-refractivity contribution < 1.29 is 9.53 Å². The quantitative estimate of drug-likeness (QED) is 0.833. The number of hydrogen-bond donors (Lipinski definition) is 1. The van der Waals surface area contributed by atoms with Crippen molar-refractivity contribution in [2.45, 2.75) is 32.2 Å². The van der Waals surface area contributed by atoms with Crippen LogP contribution in [0.3, 0.4) is 0 Å². The van der Waals surface area contributed by atoms with Gasteiger partial charge in [0.2, 0.25) is 5.91 Å². The molecule has 1 atom stereocenters. The summed E-state index contributed by atoms with van der Waals surface area (Å²) in [7, 11) is 0. The number of thiocarbonyl (C=S) groups is 1. The SMILES string of the molecule is CC1CCN(C(=S)SCC(=O)N[C@@H]2CCOc3ccccc32)CC1. The molecule has 0 radical (unpaired) electrons. The number of likely N-dealkylation sites (tertiary alicyclic amines) is 1. The molecular formula is C18H24N2O2S2. The minimum absolute atomic E-state index is 0.0347. The van der Waals surface area contributed by atoms with E-state index in [0.29, 0.717) is 12.4 Å². The average molecular weight is 365 g/mol. The third-order valence-corrected chi connectivity index (χ3v) is 6.19. The fourth-order valence-corrected chi connectivity index (χ4v) is 4.20. The number of carbonyl (C=O) groups excluding carboxylic acids is 1. The highest BCUT2D eigenvalue weighted by Gasteiger charge is 2.23. The molecule has 1 aromatic rings. The summed E-state index contributed by atoms with van der Waals surface area (Å²) in [5.41, 5.74) is 1.06. The number of nitrogens with zero attached hydrogens (tertiary/aromatic N) is 1. The molecule has 0 saturated carbocycles. The molecule has 2 heterocycles. The standard InChI is InChI=1S/C18H24N2O2S2/c1-13-6-9-20(10-7-13)18(23)24-12-17(21)19-15-8-11-22-16-5-3-2-4-14(15)16/h2-5,13,15H,6-12H2,1H3,(H,19,21)/t15-/m1/s1. The Morgan fingerprint density at radius 2 is 2.08 bits per heavy atom. The molecule has 6 heteroatoms. The van der Waals surface area contributed by atoms with Gasteiger partial charge in [-0.05, 0) is 24.8 Å². The first-order chi connectivity index (χ1) is 11.6. The second-order valence-electron chi connectivity index (χ2n) is 6.52. The van der Waals surface area contributed by atoms with E-state index in [-0.39, 0.29) is 11.9 Å². The number of fused-ring (bicyclic) bond motifs is 1. The van der Waals surface area contributed by atoms with Crippen LogP contribution in [0.5, 0.6) is 5.75 Å². The molecule has 0 aromatic heterocycles. The molecule has 1 saturated heterocycles. The number of ether oxygens (including phenoxy) is 1. The Hall–Kier alpha value is -1.27. The predicted molar refractivity (Wildman–Crippen MR) is 102 cm³/mol.